The minimum absolute atomic E-state index is 0. The van der Waals surface area contributed by atoms with E-state index in [4.69, 9.17) is 15.5 Å². The summed E-state index contributed by atoms with van der Waals surface area (Å²) in [6.45, 7) is 0. The van der Waals surface area contributed by atoms with E-state index in [1.165, 1.54) is 135 Å². The lowest BCUT2D eigenvalue weighted by Crippen LogP contribution is -2.14. The summed E-state index contributed by atoms with van der Waals surface area (Å²) in [5, 5.41) is 26.0. The van der Waals surface area contributed by atoms with Crippen molar-refractivity contribution in [3.05, 3.63) is 0 Å². The van der Waals surface area contributed by atoms with E-state index >= 15 is 0 Å². The molecular formula is C31H68O6. The van der Waals surface area contributed by atoms with Gasteiger partial charge in [0.15, 0.2) is 0 Å². The van der Waals surface area contributed by atoms with Crippen LogP contribution in [-0.4, -0.2) is 44.7 Å². The molecule has 0 atom stereocenters. The van der Waals surface area contributed by atoms with Crippen LogP contribution in [0.3, 0.4) is 0 Å². The Morgan fingerprint density at radius 3 is 0.676 bits per heavy atom. The van der Waals surface area contributed by atoms with E-state index in [9.17, 15) is 0 Å². The maximum absolute atomic E-state index is 8.91. The summed E-state index contributed by atoms with van der Waals surface area (Å²) in [5.41, 5.74) is 0. The van der Waals surface area contributed by atoms with Crippen LogP contribution in [0.5, 0.6) is 0 Å². The summed E-state index contributed by atoms with van der Waals surface area (Å²) in [6, 6.07) is 0. The lowest BCUT2D eigenvalue weighted by Gasteiger charge is -2.17. The van der Waals surface area contributed by atoms with Gasteiger partial charge in [0.25, 0.3) is 0 Å². The molecule has 228 valence electrons. The van der Waals surface area contributed by atoms with Gasteiger partial charge in [0.2, 0.25) is 0 Å². The zero-order chi connectivity index (χ0) is 24.5. The van der Waals surface area contributed by atoms with Gasteiger partial charge in [-0.05, 0) is 38.5 Å². The Hall–Kier alpha value is -0.240. The molecule has 0 radical (unpaired) electrons. The molecule has 6 nitrogen and oxygen atoms in total. The van der Waals surface area contributed by atoms with Gasteiger partial charge >= 0.3 is 0 Å². The van der Waals surface area contributed by atoms with Gasteiger partial charge in [-0.25, -0.2) is 4.89 Å². The van der Waals surface area contributed by atoms with Crippen molar-refractivity contribution < 1.29 is 31.3 Å². The molecule has 5 saturated carbocycles. The molecule has 0 aliphatic heterocycles. The summed E-state index contributed by atoms with van der Waals surface area (Å²) >= 11 is 0. The molecule has 6 heteroatoms. The fourth-order valence-corrected chi connectivity index (χ4v) is 5.45. The summed E-state index contributed by atoms with van der Waals surface area (Å²) < 4.78 is 0. The molecule has 5 aliphatic carbocycles. The van der Waals surface area contributed by atoms with Crippen LogP contribution in [0.15, 0.2) is 0 Å². The SMILES string of the molecule is C.C1CCCCC1.C1CCCCC1.O.O.OC1CCCCC1.OC1CCCCC1.OOC1CCCCC1. The highest BCUT2D eigenvalue weighted by molar-refractivity contribution is 4.63. The van der Waals surface area contributed by atoms with Gasteiger partial charge in [0, 0.05) is 0 Å². The number of hydrogen-bond donors (Lipinski definition) is 3. The van der Waals surface area contributed by atoms with E-state index in [1.54, 1.807) is 0 Å². The van der Waals surface area contributed by atoms with Gasteiger partial charge in [-0.15, -0.1) is 0 Å². The first-order valence-corrected chi connectivity index (χ1v) is 15.4. The predicted molar refractivity (Wildman–Crippen MR) is 158 cm³/mol. The van der Waals surface area contributed by atoms with Gasteiger partial charge in [0.05, 0.1) is 18.3 Å². The zero-order valence-corrected chi connectivity index (χ0v) is 23.6. The fraction of sp³-hybridized carbons (Fsp3) is 1.00. The van der Waals surface area contributed by atoms with Crippen molar-refractivity contribution in [2.75, 3.05) is 0 Å². The minimum Gasteiger partial charge on any atom is -0.412 e. The summed E-state index contributed by atoms with van der Waals surface area (Å²) in [4.78, 5) is 4.19. The highest BCUT2D eigenvalue weighted by Crippen LogP contribution is 2.19. The number of hydrogen-bond acceptors (Lipinski definition) is 4. The fourth-order valence-electron chi connectivity index (χ4n) is 5.45. The van der Waals surface area contributed by atoms with Crippen molar-refractivity contribution in [1.82, 2.24) is 0 Å². The molecule has 0 spiro atoms. The van der Waals surface area contributed by atoms with Crippen LogP contribution in [0.25, 0.3) is 0 Å². The third-order valence-electron chi connectivity index (χ3n) is 7.85. The molecule has 5 rings (SSSR count). The smallest absolute Gasteiger partial charge is 0.0927 e. The van der Waals surface area contributed by atoms with E-state index in [1.807, 2.05) is 0 Å². The highest BCUT2D eigenvalue weighted by Gasteiger charge is 2.12. The van der Waals surface area contributed by atoms with Crippen molar-refractivity contribution in [3.8, 4) is 0 Å². The van der Waals surface area contributed by atoms with Crippen LogP contribution >= 0.6 is 0 Å². The number of aliphatic hydroxyl groups is 2. The van der Waals surface area contributed by atoms with E-state index in [2.05, 4.69) is 4.89 Å². The summed E-state index contributed by atoms with van der Waals surface area (Å²) in [7, 11) is 0. The van der Waals surface area contributed by atoms with Crippen LogP contribution in [0.4, 0.5) is 0 Å². The van der Waals surface area contributed by atoms with E-state index in [0.29, 0.717) is 0 Å². The Morgan fingerprint density at radius 1 is 0.351 bits per heavy atom. The molecule has 37 heavy (non-hydrogen) atoms. The standard InChI is InChI=1S/C6H12O2.2C6H12O.2C6H12.CH4.2H2O/c7-8-6-4-2-1-3-5-6;2*7-6-4-2-1-3-5-6;2*1-2-4-6-5-3-1;;;/h6-7H,1-5H2;2*6-7H,1-5H2;2*1-6H2;1H4;2*1H2. The summed E-state index contributed by atoms with van der Waals surface area (Å²) in [5.74, 6) is 0. The second-order valence-electron chi connectivity index (χ2n) is 11.2. The Labute approximate surface area is 230 Å². The average molecular weight is 537 g/mol. The Balaban J connectivity index is -0.000000384. The third-order valence-corrected chi connectivity index (χ3v) is 7.85. The van der Waals surface area contributed by atoms with E-state index in [-0.39, 0.29) is 36.7 Å². The van der Waals surface area contributed by atoms with Gasteiger partial charge in [-0.3, -0.25) is 5.26 Å². The van der Waals surface area contributed by atoms with Crippen molar-refractivity contribution in [2.45, 2.75) is 199 Å². The molecule has 7 N–H and O–H groups in total. The largest absolute Gasteiger partial charge is 0.412 e. The number of aliphatic hydroxyl groups excluding tert-OH is 2. The zero-order valence-electron chi connectivity index (χ0n) is 23.6. The topological polar surface area (TPSA) is 133 Å². The second-order valence-corrected chi connectivity index (χ2v) is 11.2. The monoisotopic (exact) mass is 537 g/mol. The minimum atomic E-state index is 0. The maximum atomic E-state index is 8.91. The quantitative estimate of drug-likeness (QED) is 0.230. The van der Waals surface area contributed by atoms with Gasteiger partial charge in [-0.2, -0.15) is 0 Å². The normalized spacial score (nSPS) is 22.5. The third kappa shape index (κ3) is 28.6. The number of rotatable bonds is 1. The molecule has 5 aliphatic rings. The highest BCUT2D eigenvalue weighted by atomic mass is 17.1. The van der Waals surface area contributed by atoms with Crippen molar-refractivity contribution in [2.24, 2.45) is 0 Å². The summed E-state index contributed by atoms with van der Waals surface area (Å²) in [6.07, 6.45) is 35.8. The second kappa shape index (κ2) is 32.0. The average Bonchev–Trinajstić information content (AvgIpc) is 2.93. The van der Waals surface area contributed by atoms with E-state index in [0.717, 1.165) is 38.5 Å². The van der Waals surface area contributed by atoms with Gasteiger partial charge < -0.3 is 21.2 Å². The van der Waals surface area contributed by atoms with Gasteiger partial charge in [-0.1, -0.05) is 142 Å². The van der Waals surface area contributed by atoms with Crippen LogP contribution < -0.4 is 0 Å². The first kappa shape index (κ1) is 41.2. The van der Waals surface area contributed by atoms with Crippen molar-refractivity contribution >= 4 is 0 Å². The Kier molecular flexibility index (Phi) is 35.6. The van der Waals surface area contributed by atoms with Crippen LogP contribution in [-0.2, 0) is 4.89 Å². The van der Waals surface area contributed by atoms with Crippen LogP contribution in [0.1, 0.15) is 181 Å². The lowest BCUT2D eigenvalue weighted by molar-refractivity contribution is -0.283. The molecule has 0 saturated heterocycles. The molecule has 5 fully saturated rings. The maximum Gasteiger partial charge on any atom is 0.0927 e. The Bertz CT molecular complexity index is 332. The Morgan fingerprint density at radius 2 is 0.541 bits per heavy atom. The van der Waals surface area contributed by atoms with Crippen molar-refractivity contribution in [3.63, 3.8) is 0 Å². The molecule has 0 heterocycles. The molecule has 0 aromatic heterocycles. The molecule has 0 unspecified atom stereocenters. The molecule has 0 amide bonds. The van der Waals surface area contributed by atoms with Gasteiger partial charge in [0.1, 0.15) is 0 Å². The first-order chi connectivity index (χ1) is 16.7. The van der Waals surface area contributed by atoms with E-state index < -0.39 is 0 Å². The molecule has 0 aromatic rings. The molecule has 0 aromatic carbocycles. The molecule has 0 bridgehead atoms. The first-order valence-electron chi connectivity index (χ1n) is 15.4. The van der Waals surface area contributed by atoms with Crippen LogP contribution in [0, 0.1) is 0 Å². The van der Waals surface area contributed by atoms with Crippen molar-refractivity contribution in [1.29, 1.82) is 0 Å². The predicted octanol–water partition coefficient (Wildman–Crippen LogP) is 8.10. The van der Waals surface area contributed by atoms with Crippen LogP contribution in [0.2, 0.25) is 0 Å². The molecular weight excluding hydrogens is 468 g/mol. The lowest BCUT2D eigenvalue weighted by atomic mass is 9.98.